The van der Waals surface area contributed by atoms with Crippen molar-refractivity contribution < 1.29 is 20.1 Å². The molecular weight excluding hydrogens is 737 g/mol. The van der Waals surface area contributed by atoms with Crippen LogP contribution in [0, 0.1) is 36.5 Å². The molecule has 52 heavy (non-hydrogen) atoms. The Morgan fingerprint density at radius 2 is 1.52 bits per heavy atom. The van der Waals surface area contributed by atoms with Gasteiger partial charge in [0, 0.05) is 23.7 Å². The topological polar surface area (TPSA) is 214 Å². The first-order valence-corrected chi connectivity index (χ1v) is 18.9. The van der Waals surface area contributed by atoms with Crippen molar-refractivity contribution in [3.05, 3.63) is 98.4 Å². The molecule has 0 aliphatic carbocycles. The van der Waals surface area contributed by atoms with E-state index in [1.165, 1.54) is 45.8 Å². The van der Waals surface area contributed by atoms with Crippen molar-refractivity contribution in [1.82, 2.24) is 15.0 Å². The summed E-state index contributed by atoms with van der Waals surface area (Å²) >= 11 is 5.53. The van der Waals surface area contributed by atoms with Crippen LogP contribution in [0.1, 0.15) is 31.7 Å². The van der Waals surface area contributed by atoms with E-state index in [4.69, 9.17) is 21.4 Å². The summed E-state index contributed by atoms with van der Waals surface area (Å²) in [5, 5.41) is 50.9. The molecule has 1 aliphatic rings. The number of aliphatic carboxylic acids is 1. The normalized spacial score (nSPS) is 13.4. The van der Waals surface area contributed by atoms with Gasteiger partial charge in [0.1, 0.15) is 33.7 Å². The van der Waals surface area contributed by atoms with E-state index in [0.29, 0.717) is 27.4 Å². The molecule has 8 rings (SSSR count). The van der Waals surface area contributed by atoms with Crippen LogP contribution in [0.3, 0.4) is 0 Å². The number of aromatic nitrogens is 3. The SMILES string of the molecule is Cc1cc(O)cc2sc(C#N)nc12.Cc1cc(O)cc2sc(C3=NC(C(=O)O)CS3)nc12.N#Cc1nc2ccc(NCc3cccc(N)c3)cc2s1. The van der Waals surface area contributed by atoms with Gasteiger partial charge in [0.15, 0.2) is 16.1 Å². The number of thioether (sulfide) groups is 1. The van der Waals surface area contributed by atoms with Gasteiger partial charge >= 0.3 is 5.97 Å². The lowest BCUT2D eigenvalue weighted by molar-refractivity contribution is -0.137. The second kappa shape index (κ2) is 15.6. The van der Waals surface area contributed by atoms with Crippen LogP contribution in [0.15, 0.2) is 71.7 Å². The molecule has 0 amide bonds. The largest absolute Gasteiger partial charge is 0.508 e. The lowest BCUT2D eigenvalue weighted by Gasteiger charge is -2.07. The number of nitrogen functional groups attached to an aromatic ring is 1. The van der Waals surface area contributed by atoms with E-state index in [1.54, 1.807) is 24.3 Å². The van der Waals surface area contributed by atoms with Gasteiger partial charge in [0.25, 0.3) is 0 Å². The Bertz CT molecular complexity index is 2580. The summed E-state index contributed by atoms with van der Waals surface area (Å²) in [7, 11) is 0. The number of nitrogens with one attached hydrogen (secondary N) is 1. The monoisotopic (exact) mass is 764 g/mol. The number of aryl methyl sites for hydroxylation is 2. The first-order valence-electron chi connectivity index (χ1n) is 15.4. The number of nitriles is 2. The molecule has 1 aliphatic heterocycles. The fraction of sp³-hybridized carbons (Fsp3) is 0.139. The van der Waals surface area contributed by atoms with E-state index in [9.17, 15) is 15.0 Å². The Labute approximate surface area is 313 Å². The first kappa shape index (κ1) is 36.0. The van der Waals surface area contributed by atoms with Crippen LogP contribution in [0.2, 0.25) is 0 Å². The third-order valence-corrected chi connectivity index (χ3v) is 11.5. The van der Waals surface area contributed by atoms with Gasteiger partial charge in [0.2, 0.25) is 0 Å². The minimum atomic E-state index is -0.905. The zero-order valence-electron chi connectivity index (χ0n) is 27.5. The number of nitrogens with zero attached hydrogens (tertiary/aromatic N) is 6. The van der Waals surface area contributed by atoms with Crippen LogP contribution in [0.25, 0.3) is 30.6 Å². The van der Waals surface area contributed by atoms with Crippen molar-refractivity contribution in [1.29, 1.82) is 10.5 Å². The minimum Gasteiger partial charge on any atom is -0.508 e. The van der Waals surface area contributed by atoms with Gasteiger partial charge < -0.3 is 26.4 Å². The summed E-state index contributed by atoms with van der Waals surface area (Å²) in [5.41, 5.74) is 13.0. The standard InChI is InChI=1S/C15H12N4S.C12H10N2O3S2.C9H6N2OS/c16-8-15-19-13-5-4-12(7-14(13)20-15)18-9-10-2-1-3-11(17)6-10;1-5-2-6(15)3-8-9(5)14-11(19-8)10-13-7(4-18-10)12(16)17;1-5-2-6(12)3-7-9(5)11-8(4-10)13-7/h1-7,18H,9,17H2;2-3,7,15H,4H2,1H3,(H,16,17);2-3,12H,1H3. The summed E-state index contributed by atoms with van der Waals surface area (Å²) < 4.78 is 2.75. The number of rotatable bonds is 5. The molecule has 0 bridgehead atoms. The molecule has 0 saturated heterocycles. The second-order valence-corrected chi connectivity index (χ2v) is 15.5. The molecule has 260 valence electrons. The molecule has 12 nitrogen and oxygen atoms in total. The number of thiazole rings is 3. The number of fused-ring (bicyclic) bond motifs is 3. The summed E-state index contributed by atoms with van der Waals surface area (Å²) in [5.74, 6) is -0.0228. The summed E-state index contributed by atoms with van der Waals surface area (Å²) in [6.07, 6.45) is 0. The molecule has 3 aromatic heterocycles. The molecule has 0 radical (unpaired) electrons. The number of benzene rings is 4. The molecular formula is C36H28N8O4S4. The third-order valence-electron chi connectivity index (χ3n) is 7.49. The number of aromatic hydroxyl groups is 2. The smallest absolute Gasteiger partial charge is 0.329 e. The molecule has 16 heteroatoms. The van der Waals surface area contributed by atoms with E-state index >= 15 is 0 Å². The predicted octanol–water partition coefficient (Wildman–Crippen LogP) is 7.80. The van der Waals surface area contributed by atoms with Crippen LogP contribution >= 0.6 is 45.8 Å². The maximum Gasteiger partial charge on any atom is 0.329 e. The molecule has 1 unspecified atom stereocenters. The summed E-state index contributed by atoms with van der Waals surface area (Å²) in [4.78, 5) is 27.9. The highest BCUT2D eigenvalue weighted by molar-refractivity contribution is 8.15. The number of carboxylic acid groups (broad SMARTS) is 1. The zero-order chi connectivity index (χ0) is 36.9. The molecule has 7 aromatic rings. The van der Waals surface area contributed by atoms with E-state index in [2.05, 4.69) is 31.3 Å². The van der Waals surface area contributed by atoms with Gasteiger partial charge in [-0.15, -0.1) is 45.8 Å². The fourth-order valence-corrected chi connectivity index (χ4v) is 8.95. The van der Waals surface area contributed by atoms with Gasteiger partial charge in [-0.25, -0.2) is 19.7 Å². The van der Waals surface area contributed by atoms with Gasteiger partial charge in [-0.2, -0.15) is 10.5 Å². The Kier molecular flexibility index (Phi) is 10.8. The van der Waals surface area contributed by atoms with Crippen LogP contribution in [-0.2, 0) is 11.3 Å². The van der Waals surface area contributed by atoms with Gasteiger partial charge in [-0.3, -0.25) is 4.99 Å². The van der Waals surface area contributed by atoms with Crippen molar-refractivity contribution in [2.24, 2.45) is 4.99 Å². The molecule has 0 fully saturated rings. The number of nitrogens with two attached hydrogens (primary N) is 1. The van der Waals surface area contributed by atoms with Crippen LogP contribution in [-0.4, -0.2) is 53.1 Å². The Balaban J connectivity index is 0.000000137. The zero-order valence-corrected chi connectivity index (χ0v) is 30.8. The van der Waals surface area contributed by atoms with Crippen LogP contribution in [0.5, 0.6) is 11.5 Å². The number of hydrogen-bond acceptors (Lipinski definition) is 15. The maximum atomic E-state index is 10.9. The van der Waals surface area contributed by atoms with Crippen molar-refractivity contribution in [2.45, 2.75) is 26.4 Å². The van der Waals surface area contributed by atoms with Crippen molar-refractivity contribution in [3.63, 3.8) is 0 Å². The average Bonchev–Trinajstić information content (AvgIpc) is 3.92. The van der Waals surface area contributed by atoms with E-state index in [-0.39, 0.29) is 11.5 Å². The Hall–Kier alpha value is -5.78. The van der Waals surface area contributed by atoms with Crippen LogP contribution in [0.4, 0.5) is 11.4 Å². The maximum absolute atomic E-state index is 10.9. The molecule has 0 spiro atoms. The number of aliphatic imine (C=N–C) groups is 1. The quantitative estimate of drug-likeness (QED) is 0.106. The van der Waals surface area contributed by atoms with Gasteiger partial charge in [-0.05, 0) is 85.1 Å². The lowest BCUT2D eigenvalue weighted by Crippen LogP contribution is -2.17. The minimum absolute atomic E-state index is 0.213. The highest BCUT2D eigenvalue weighted by Gasteiger charge is 2.27. The van der Waals surface area contributed by atoms with Gasteiger partial charge in [0.05, 0.1) is 30.6 Å². The average molecular weight is 765 g/mol. The molecule has 4 aromatic carbocycles. The highest BCUT2D eigenvalue weighted by Crippen LogP contribution is 2.33. The van der Waals surface area contributed by atoms with E-state index in [0.717, 1.165) is 63.7 Å². The number of carbonyl (C=O) groups is 1. The van der Waals surface area contributed by atoms with Crippen molar-refractivity contribution >= 4 is 98.8 Å². The molecule has 4 heterocycles. The number of phenols is 2. The summed E-state index contributed by atoms with van der Waals surface area (Å²) in [6, 6.07) is 23.7. The van der Waals surface area contributed by atoms with E-state index in [1.807, 2.05) is 62.4 Å². The van der Waals surface area contributed by atoms with Gasteiger partial charge in [-0.1, -0.05) is 12.1 Å². The van der Waals surface area contributed by atoms with Crippen molar-refractivity contribution in [3.8, 4) is 23.6 Å². The second-order valence-electron chi connectivity index (χ2n) is 11.4. The summed E-state index contributed by atoms with van der Waals surface area (Å²) in [6.45, 7) is 4.46. The number of hydrogen-bond donors (Lipinski definition) is 5. The highest BCUT2D eigenvalue weighted by atomic mass is 32.2. The Morgan fingerprint density at radius 1 is 0.865 bits per heavy atom. The van der Waals surface area contributed by atoms with Crippen molar-refractivity contribution in [2.75, 3.05) is 16.8 Å². The lowest BCUT2D eigenvalue weighted by atomic mass is 10.2. The van der Waals surface area contributed by atoms with Crippen LogP contribution < -0.4 is 11.1 Å². The third kappa shape index (κ3) is 8.39. The number of anilines is 2. The first-order chi connectivity index (χ1) is 25.0. The molecule has 6 N–H and O–H groups in total. The van der Waals surface area contributed by atoms with E-state index < -0.39 is 12.0 Å². The number of carboxylic acids is 1. The Morgan fingerprint density at radius 3 is 2.17 bits per heavy atom. The fourth-order valence-electron chi connectivity index (χ4n) is 5.10. The predicted molar refractivity (Wildman–Crippen MR) is 210 cm³/mol. The number of phenolic OH excluding ortho intramolecular Hbond substituents is 2. The molecule has 1 atom stereocenters. The molecule has 0 saturated carbocycles.